The van der Waals surface area contributed by atoms with E-state index in [1.54, 1.807) is 25.3 Å². The molecule has 0 saturated carbocycles. The van der Waals surface area contributed by atoms with E-state index in [1.165, 1.54) is 7.11 Å². The predicted octanol–water partition coefficient (Wildman–Crippen LogP) is 1.22. The Hall–Kier alpha value is -1.59. The van der Waals surface area contributed by atoms with Crippen LogP contribution < -0.4 is 5.73 Å². The van der Waals surface area contributed by atoms with Gasteiger partial charge < -0.3 is 19.9 Å². The van der Waals surface area contributed by atoms with Crippen molar-refractivity contribution in [2.24, 2.45) is 0 Å². The molecule has 1 rings (SSSR count). The Kier molecular flexibility index (Phi) is 5.45. The van der Waals surface area contributed by atoms with Crippen LogP contribution in [0.2, 0.25) is 0 Å². The van der Waals surface area contributed by atoms with E-state index in [0.29, 0.717) is 36.6 Å². The van der Waals surface area contributed by atoms with Gasteiger partial charge in [-0.2, -0.15) is 0 Å². The third kappa shape index (κ3) is 3.72. The highest BCUT2D eigenvalue weighted by molar-refractivity contribution is 5.96. The minimum Gasteiger partial charge on any atom is -0.465 e. The summed E-state index contributed by atoms with van der Waals surface area (Å²) in [5, 5.41) is 0. The van der Waals surface area contributed by atoms with Crippen molar-refractivity contribution < 1.29 is 19.0 Å². The molecule has 0 saturated heterocycles. The zero-order chi connectivity index (χ0) is 12.7. The van der Waals surface area contributed by atoms with Crippen LogP contribution in [0.15, 0.2) is 18.2 Å². The summed E-state index contributed by atoms with van der Waals surface area (Å²) in [6.07, 6.45) is 0. The fourth-order valence-electron chi connectivity index (χ4n) is 1.42. The van der Waals surface area contributed by atoms with E-state index in [2.05, 4.69) is 4.74 Å². The molecule has 0 spiro atoms. The Morgan fingerprint density at radius 2 is 2.06 bits per heavy atom. The number of carbonyl (C=O) groups excluding carboxylic acids is 1. The number of benzene rings is 1. The highest BCUT2D eigenvalue weighted by atomic mass is 16.5. The van der Waals surface area contributed by atoms with Gasteiger partial charge >= 0.3 is 5.97 Å². The summed E-state index contributed by atoms with van der Waals surface area (Å²) in [7, 11) is 2.92. The second-order valence-electron chi connectivity index (χ2n) is 3.42. The molecule has 0 aliphatic carbocycles. The molecule has 1 aromatic carbocycles. The standard InChI is InChI=1S/C12H17NO4/c1-15-6-7-17-8-9-4-3-5-10(13)11(9)12(14)16-2/h3-5H,6-8,13H2,1-2H3. The molecule has 0 aliphatic heterocycles. The van der Waals surface area contributed by atoms with Crippen molar-refractivity contribution in [3.8, 4) is 0 Å². The Bertz CT molecular complexity index is 379. The molecule has 0 aromatic heterocycles. The van der Waals surface area contributed by atoms with Gasteiger partial charge in [0.25, 0.3) is 0 Å². The lowest BCUT2D eigenvalue weighted by Gasteiger charge is -2.10. The summed E-state index contributed by atoms with van der Waals surface area (Å²) in [4.78, 5) is 11.6. The van der Waals surface area contributed by atoms with Crippen LogP contribution in [0.1, 0.15) is 15.9 Å². The summed E-state index contributed by atoms with van der Waals surface area (Å²) in [5.41, 5.74) is 7.22. The monoisotopic (exact) mass is 239 g/mol. The predicted molar refractivity (Wildman–Crippen MR) is 63.7 cm³/mol. The third-order valence-electron chi connectivity index (χ3n) is 2.26. The highest BCUT2D eigenvalue weighted by Gasteiger charge is 2.15. The Morgan fingerprint density at radius 1 is 1.29 bits per heavy atom. The van der Waals surface area contributed by atoms with Gasteiger partial charge in [-0.25, -0.2) is 4.79 Å². The number of esters is 1. The molecule has 0 radical (unpaired) electrons. The van der Waals surface area contributed by atoms with Crippen molar-refractivity contribution in [1.29, 1.82) is 0 Å². The first-order valence-electron chi connectivity index (χ1n) is 5.23. The van der Waals surface area contributed by atoms with Crippen LogP contribution in [0.5, 0.6) is 0 Å². The number of hydrogen-bond donors (Lipinski definition) is 1. The molecule has 0 amide bonds. The number of nitrogen functional groups attached to an aromatic ring is 1. The lowest BCUT2D eigenvalue weighted by molar-refractivity contribution is 0.0554. The molecular weight excluding hydrogens is 222 g/mol. The Morgan fingerprint density at radius 3 is 2.71 bits per heavy atom. The highest BCUT2D eigenvalue weighted by Crippen LogP contribution is 2.18. The molecule has 0 bridgehead atoms. The molecule has 17 heavy (non-hydrogen) atoms. The van der Waals surface area contributed by atoms with Gasteiger partial charge in [-0.1, -0.05) is 12.1 Å². The van der Waals surface area contributed by atoms with Gasteiger partial charge in [0.1, 0.15) is 0 Å². The number of carbonyl (C=O) groups is 1. The number of rotatable bonds is 6. The Labute approximate surface area is 100 Å². The molecule has 5 nitrogen and oxygen atoms in total. The van der Waals surface area contributed by atoms with Crippen molar-refractivity contribution in [2.75, 3.05) is 33.2 Å². The summed E-state index contributed by atoms with van der Waals surface area (Å²) < 4.78 is 14.9. The zero-order valence-corrected chi connectivity index (χ0v) is 10.1. The van der Waals surface area contributed by atoms with E-state index in [1.807, 2.05) is 0 Å². The second-order valence-corrected chi connectivity index (χ2v) is 3.42. The molecule has 0 heterocycles. The van der Waals surface area contributed by atoms with Crippen molar-refractivity contribution in [3.63, 3.8) is 0 Å². The maximum absolute atomic E-state index is 11.6. The van der Waals surface area contributed by atoms with E-state index < -0.39 is 5.97 Å². The maximum Gasteiger partial charge on any atom is 0.340 e. The van der Waals surface area contributed by atoms with Gasteiger partial charge in [0, 0.05) is 12.8 Å². The van der Waals surface area contributed by atoms with Crippen LogP contribution in [-0.2, 0) is 20.8 Å². The fraction of sp³-hybridized carbons (Fsp3) is 0.417. The zero-order valence-electron chi connectivity index (χ0n) is 10.1. The van der Waals surface area contributed by atoms with Crippen LogP contribution in [0.3, 0.4) is 0 Å². The van der Waals surface area contributed by atoms with E-state index in [0.717, 1.165) is 0 Å². The summed E-state index contributed by atoms with van der Waals surface area (Å²) in [6, 6.07) is 5.22. The topological polar surface area (TPSA) is 70.8 Å². The third-order valence-corrected chi connectivity index (χ3v) is 2.26. The van der Waals surface area contributed by atoms with Crippen molar-refractivity contribution in [2.45, 2.75) is 6.61 Å². The van der Waals surface area contributed by atoms with Gasteiger partial charge in [-0.15, -0.1) is 0 Å². The largest absolute Gasteiger partial charge is 0.465 e. The van der Waals surface area contributed by atoms with E-state index >= 15 is 0 Å². The number of nitrogens with two attached hydrogens (primary N) is 1. The number of methoxy groups -OCH3 is 2. The molecule has 0 fully saturated rings. The van der Waals surface area contributed by atoms with Crippen LogP contribution in [0, 0.1) is 0 Å². The Balaban J connectivity index is 2.76. The molecule has 2 N–H and O–H groups in total. The van der Waals surface area contributed by atoms with E-state index in [9.17, 15) is 4.79 Å². The quantitative estimate of drug-likeness (QED) is 0.459. The molecule has 94 valence electrons. The number of hydrogen-bond acceptors (Lipinski definition) is 5. The average molecular weight is 239 g/mol. The summed E-state index contributed by atoms with van der Waals surface area (Å²) >= 11 is 0. The minimum absolute atomic E-state index is 0.304. The number of anilines is 1. The minimum atomic E-state index is -0.451. The van der Waals surface area contributed by atoms with Crippen LogP contribution in [-0.4, -0.2) is 33.4 Å². The first-order chi connectivity index (χ1) is 8.20. The average Bonchev–Trinajstić information content (AvgIpc) is 2.34. The first-order valence-corrected chi connectivity index (χ1v) is 5.23. The lowest BCUT2D eigenvalue weighted by atomic mass is 10.1. The molecular formula is C12H17NO4. The van der Waals surface area contributed by atoms with Crippen molar-refractivity contribution in [1.82, 2.24) is 0 Å². The maximum atomic E-state index is 11.6. The normalized spacial score (nSPS) is 10.2. The molecule has 1 aromatic rings. The second kappa shape index (κ2) is 6.88. The van der Waals surface area contributed by atoms with Gasteiger partial charge in [-0.05, 0) is 11.6 Å². The molecule has 0 atom stereocenters. The van der Waals surface area contributed by atoms with Gasteiger partial charge in [-0.3, -0.25) is 0 Å². The van der Waals surface area contributed by atoms with Crippen molar-refractivity contribution >= 4 is 11.7 Å². The molecule has 5 heteroatoms. The van der Waals surface area contributed by atoms with E-state index in [-0.39, 0.29) is 0 Å². The summed E-state index contributed by atoms with van der Waals surface area (Å²) in [6.45, 7) is 1.28. The van der Waals surface area contributed by atoms with Crippen molar-refractivity contribution in [3.05, 3.63) is 29.3 Å². The van der Waals surface area contributed by atoms with Gasteiger partial charge in [0.15, 0.2) is 0 Å². The van der Waals surface area contributed by atoms with Gasteiger partial charge in [0.05, 0.1) is 32.5 Å². The first kappa shape index (κ1) is 13.5. The van der Waals surface area contributed by atoms with Crippen LogP contribution in [0.4, 0.5) is 5.69 Å². The lowest BCUT2D eigenvalue weighted by Crippen LogP contribution is -2.11. The summed E-state index contributed by atoms with van der Waals surface area (Å²) in [5.74, 6) is -0.451. The van der Waals surface area contributed by atoms with E-state index in [4.69, 9.17) is 15.2 Å². The SMILES string of the molecule is COCCOCc1cccc(N)c1C(=O)OC. The fourth-order valence-corrected chi connectivity index (χ4v) is 1.42. The van der Waals surface area contributed by atoms with Gasteiger partial charge in [0.2, 0.25) is 0 Å². The molecule has 0 unspecified atom stereocenters. The number of ether oxygens (including phenoxy) is 3. The van der Waals surface area contributed by atoms with Crippen LogP contribution in [0.25, 0.3) is 0 Å². The molecule has 0 aliphatic rings. The smallest absolute Gasteiger partial charge is 0.340 e. The van der Waals surface area contributed by atoms with Crippen LogP contribution >= 0.6 is 0 Å².